The molecule has 1 unspecified atom stereocenters. The number of hydrogen-bond acceptors (Lipinski definition) is 3. The number of ketones is 1. The van der Waals surface area contributed by atoms with Crippen molar-refractivity contribution in [2.75, 3.05) is 24.2 Å². The van der Waals surface area contributed by atoms with Crippen molar-refractivity contribution in [1.82, 2.24) is 0 Å². The molecule has 0 fully saturated rings. The van der Waals surface area contributed by atoms with Crippen LogP contribution in [-0.4, -0.2) is 37.2 Å². The molecule has 27 heavy (non-hydrogen) atoms. The van der Waals surface area contributed by atoms with Gasteiger partial charge in [0.05, 0.1) is 7.05 Å². The molecule has 0 aromatic heterocycles. The van der Waals surface area contributed by atoms with Gasteiger partial charge in [0, 0.05) is 16.9 Å². The highest BCUT2D eigenvalue weighted by Gasteiger charge is 2.24. The Kier molecular flexibility index (Phi) is 6.85. The van der Waals surface area contributed by atoms with Gasteiger partial charge in [0.2, 0.25) is 0 Å². The van der Waals surface area contributed by atoms with Crippen LogP contribution in [0.3, 0.4) is 0 Å². The Morgan fingerprint density at radius 3 is 2.00 bits per heavy atom. The Labute approximate surface area is 159 Å². The number of benzene rings is 2. The van der Waals surface area contributed by atoms with E-state index in [-0.39, 0.29) is 24.1 Å². The highest BCUT2D eigenvalue weighted by atomic mass is 16.2. The van der Waals surface area contributed by atoms with Crippen LogP contribution in [0, 0.1) is 6.92 Å². The standard InChI is InChI=1S/C21H25N3O3/c1-14-5-9-18(10-6-14)22-20(26)13-24(4)15(2)21(27)23-19-11-7-17(8-12-19)16(3)25/h5-12,15H,13H2,1-4H3,(H,22,26)(H,23,27)/p+1/t15-/m0/s1. The minimum absolute atomic E-state index is 0.0231. The second kappa shape index (κ2) is 9.09. The third-order valence-corrected chi connectivity index (χ3v) is 4.47. The predicted molar refractivity (Wildman–Crippen MR) is 106 cm³/mol. The summed E-state index contributed by atoms with van der Waals surface area (Å²) in [7, 11) is 1.80. The van der Waals surface area contributed by atoms with Gasteiger partial charge in [-0.15, -0.1) is 0 Å². The molecule has 6 nitrogen and oxygen atoms in total. The van der Waals surface area contributed by atoms with Crippen LogP contribution in [0.1, 0.15) is 29.8 Å². The fraction of sp³-hybridized carbons (Fsp3) is 0.286. The first-order valence-electron chi connectivity index (χ1n) is 8.87. The van der Waals surface area contributed by atoms with Gasteiger partial charge >= 0.3 is 0 Å². The van der Waals surface area contributed by atoms with Crippen molar-refractivity contribution < 1.29 is 19.3 Å². The first kappa shape index (κ1) is 20.3. The van der Waals surface area contributed by atoms with Crippen molar-refractivity contribution in [2.24, 2.45) is 0 Å². The number of aryl methyl sites for hydroxylation is 1. The van der Waals surface area contributed by atoms with Crippen molar-refractivity contribution in [3.63, 3.8) is 0 Å². The van der Waals surface area contributed by atoms with E-state index in [1.807, 2.05) is 31.2 Å². The maximum Gasteiger partial charge on any atom is 0.282 e. The van der Waals surface area contributed by atoms with E-state index >= 15 is 0 Å². The van der Waals surface area contributed by atoms with Crippen LogP contribution in [0.15, 0.2) is 48.5 Å². The summed E-state index contributed by atoms with van der Waals surface area (Å²) in [4.78, 5) is 36.7. The largest absolute Gasteiger partial charge is 0.321 e. The van der Waals surface area contributed by atoms with Crippen LogP contribution in [0.4, 0.5) is 11.4 Å². The van der Waals surface area contributed by atoms with Crippen LogP contribution in [0.5, 0.6) is 0 Å². The minimum Gasteiger partial charge on any atom is -0.321 e. The van der Waals surface area contributed by atoms with E-state index in [1.165, 1.54) is 6.92 Å². The van der Waals surface area contributed by atoms with E-state index in [2.05, 4.69) is 10.6 Å². The van der Waals surface area contributed by atoms with Gasteiger partial charge in [0.25, 0.3) is 11.8 Å². The maximum absolute atomic E-state index is 12.4. The average Bonchev–Trinajstić information content (AvgIpc) is 2.63. The molecule has 2 amide bonds. The van der Waals surface area contributed by atoms with E-state index in [9.17, 15) is 14.4 Å². The lowest BCUT2D eigenvalue weighted by molar-refractivity contribution is -0.885. The molecule has 0 saturated carbocycles. The Bertz CT molecular complexity index is 814. The Morgan fingerprint density at radius 1 is 0.926 bits per heavy atom. The topological polar surface area (TPSA) is 79.7 Å². The number of hydrogen-bond donors (Lipinski definition) is 3. The van der Waals surface area contributed by atoms with Gasteiger partial charge in [-0.3, -0.25) is 14.4 Å². The molecule has 0 aliphatic rings. The number of Topliss-reactive ketones (excluding diaryl/α,β-unsaturated/α-hetero) is 1. The molecule has 2 rings (SSSR count). The van der Waals surface area contributed by atoms with Crippen molar-refractivity contribution in [1.29, 1.82) is 0 Å². The molecule has 0 spiro atoms. The molecule has 0 saturated heterocycles. The lowest BCUT2D eigenvalue weighted by atomic mass is 10.1. The van der Waals surface area contributed by atoms with E-state index in [1.54, 1.807) is 38.2 Å². The second-order valence-electron chi connectivity index (χ2n) is 6.78. The molecule has 2 atom stereocenters. The maximum atomic E-state index is 12.4. The van der Waals surface area contributed by atoms with Crippen molar-refractivity contribution in [3.05, 3.63) is 59.7 Å². The lowest BCUT2D eigenvalue weighted by Crippen LogP contribution is -3.14. The normalized spacial score (nSPS) is 12.7. The van der Waals surface area contributed by atoms with Crippen LogP contribution in [0.2, 0.25) is 0 Å². The number of nitrogens with one attached hydrogen (secondary N) is 3. The Balaban J connectivity index is 1.88. The van der Waals surface area contributed by atoms with Crippen LogP contribution in [-0.2, 0) is 9.59 Å². The summed E-state index contributed by atoms with van der Waals surface area (Å²) >= 11 is 0. The van der Waals surface area contributed by atoms with Gasteiger partial charge in [-0.05, 0) is 57.2 Å². The molecule has 3 N–H and O–H groups in total. The number of anilines is 2. The van der Waals surface area contributed by atoms with Gasteiger partial charge in [-0.25, -0.2) is 0 Å². The lowest BCUT2D eigenvalue weighted by Gasteiger charge is -2.20. The number of carbonyl (C=O) groups is 3. The zero-order chi connectivity index (χ0) is 20.0. The molecule has 6 heteroatoms. The van der Waals surface area contributed by atoms with Crippen LogP contribution < -0.4 is 15.5 Å². The number of carbonyl (C=O) groups excluding carboxylic acids is 3. The minimum atomic E-state index is -0.416. The molecule has 2 aromatic carbocycles. The van der Waals surface area contributed by atoms with E-state index < -0.39 is 6.04 Å². The molecule has 0 radical (unpaired) electrons. The molecule has 0 heterocycles. The predicted octanol–water partition coefficient (Wildman–Crippen LogP) is 1.68. The third-order valence-electron chi connectivity index (χ3n) is 4.47. The monoisotopic (exact) mass is 368 g/mol. The first-order chi connectivity index (χ1) is 12.8. The summed E-state index contributed by atoms with van der Waals surface area (Å²) in [5.74, 6) is -0.363. The summed E-state index contributed by atoms with van der Waals surface area (Å²) in [5, 5.41) is 5.65. The summed E-state index contributed by atoms with van der Waals surface area (Å²) in [5.41, 5.74) is 3.07. The van der Waals surface area contributed by atoms with Gasteiger partial charge in [-0.1, -0.05) is 17.7 Å². The van der Waals surface area contributed by atoms with E-state index in [0.29, 0.717) is 11.3 Å². The molecule has 0 aliphatic heterocycles. The van der Waals surface area contributed by atoms with Crippen molar-refractivity contribution in [2.45, 2.75) is 26.8 Å². The highest BCUT2D eigenvalue weighted by Crippen LogP contribution is 2.10. The number of quaternary nitrogens is 1. The fourth-order valence-corrected chi connectivity index (χ4v) is 2.51. The Morgan fingerprint density at radius 2 is 1.44 bits per heavy atom. The highest BCUT2D eigenvalue weighted by molar-refractivity contribution is 5.96. The zero-order valence-electron chi connectivity index (χ0n) is 16.1. The molecular weight excluding hydrogens is 342 g/mol. The quantitative estimate of drug-likeness (QED) is 0.651. The second-order valence-corrected chi connectivity index (χ2v) is 6.78. The van der Waals surface area contributed by atoms with E-state index in [4.69, 9.17) is 0 Å². The van der Waals surface area contributed by atoms with Crippen molar-refractivity contribution in [3.8, 4) is 0 Å². The summed E-state index contributed by atoms with van der Waals surface area (Å²) in [6.07, 6.45) is 0. The molecule has 0 aliphatic carbocycles. The zero-order valence-corrected chi connectivity index (χ0v) is 16.1. The number of amides is 2. The smallest absolute Gasteiger partial charge is 0.282 e. The molecular formula is C21H26N3O3+. The number of likely N-dealkylation sites (N-methyl/N-ethyl adjacent to an activating group) is 1. The van der Waals surface area contributed by atoms with Gasteiger partial charge in [0.1, 0.15) is 0 Å². The van der Waals surface area contributed by atoms with Gasteiger partial charge in [-0.2, -0.15) is 0 Å². The fourth-order valence-electron chi connectivity index (χ4n) is 2.51. The average molecular weight is 368 g/mol. The Hall–Kier alpha value is -2.99. The van der Waals surface area contributed by atoms with Crippen molar-refractivity contribution >= 4 is 29.0 Å². The molecule has 142 valence electrons. The summed E-state index contributed by atoms with van der Waals surface area (Å²) < 4.78 is 0. The van der Waals surface area contributed by atoms with E-state index in [0.717, 1.165) is 16.2 Å². The molecule has 0 bridgehead atoms. The number of rotatable bonds is 7. The third kappa shape index (κ3) is 6.04. The first-order valence-corrected chi connectivity index (χ1v) is 8.87. The summed E-state index contributed by atoms with van der Waals surface area (Å²) in [6.45, 7) is 5.42. The SMILES string of the molecule is CC(=O)c1ccc(NC(=O)[C@H](C)[NH+](C)CC(=O)Nc2ccc(C)cc2)cc1. The van der Waals surface area contributed by atoms with Crippen LogP contribution in [0.25, 0.3) is 0 Å². The molecule has 2 aromatic rings. The van der Waals surface area contributed by atoms with Crippen LogP contribution >= 0.6 is 0 Å². The van der Waals surface area contributed by atoms with Gasteiger partial charge < -0.3 is 15.5 Å². The van der Waals surface area contributed by atoms with Gasteiger partial charge in [0.15, 0.2) is 18.4 Å². The summed E-state index contributed by atoms with van der Waals surface area (Å²) in [6, 6.07) is 13.9.